The second-order valence-corrected chi connectivity index (χ2v) is 5.69. The molecule has 3 rings (SSSR count). The molecule has 1 aromatic carbocycles. The number of phenolic OH excluding ortho intramolecular Hbond substituents is 1. The van der Waals surface area contributed by atoms with Crippen molar-refractivity contribution in [3.63, 3.8) is 0 Å². The van der Waals surface area contributed by atoms with Crippen LogP contribution < -0.4 is 10.1 Å². The fourth-order valence-corrected chi connectivity index (χ4v) is 2.93. The molecule has 9 nitrogen and oxygen atoms in total. The third-order valence-electron chi connectivity index (χ3n) is 3.79. The van der Waals surface area contributed by atoms with Crippen LogP contribution in [0.15, 0.2) is 23.4 Å². The first-order valence-corrected chi connectivity index (χ1v) is 7.84. The molecule has 0 radical (unpaired) electrons. The van der Waals surface area contributed by atoms with Crippen molar-refractivity contribution in [1.29, 1.82) is 0 Å². The number of hydrogen-bond donors (Lipinski definition) is 2. The maximum absolute atomic E-state index is 12.3. The molecule has 0 saturated carbocycles. The summed E-state index contributed by atoms with van der Waals surface area (Å²) in [4.78, 5) is 12.3. The van der Waals surface area contributed by atoms with Gasteiger partial charge in [-0.05, 0) is 42.0 Å². The van der Waals surface area contributed by atoms with Crippen LogP contribution in [0.1, 0.15) is 25.5 Å². The van der Waals surface area contributed by atoms with Gasteiger partial charge in [-0.2, -0.15) is 4.68 Å². The van der Waals surface area contributed by atoms with E-state index in [9.17, 15) is 9.90 Å². The molecule has 132 valence electrons. The molecule has 0 fully saturated rings. The monoisotopic (exact) mass is 365 g/mol. The Morgan fingerprint density at radius 1 is 1.48 bits per heavy atom. The van der Waals surface area contributed by atoms with Gasteiger partial charge in [0.1, 0.15) is 6.04 Å². The average Bonchev–Trinajstić information content (AvgIpc) is 3.04. The zero-order valence-corrected chi connectivity index (χ0v) is 14.5. The molecule has 2 N–H and O–H groups in total. The molecule has 0 spiro atoms. The smallest absolute Gasteiger partial charge is 0.338 e. The quantitative estimate of drug-likeness (QED) is 0.790. The van der Waals surface area contributed by atoms with Crippen LogP contribution in [0.25, 0.3) is 0 Å². The minimum atomic E-state index is -0.684. The number of anilines is 1. The normalized spacial score (nSPS) is 16.2. The molecule has 1 aliphatic heterocycles. The first-order chi connectivity index (χ1) is 12.0. The second-order valence-electron chi connectivity index (χ2n) is 5.29. The zero-order valence-electron chi connectivity index (χ0n) is 13.8. The Labute approximate surface area is 148 Å². The number of halogens is 1. The first kappa shape index (κ1) is 17.0. The molecule has 0 amide bonds. The van der Waals surface area contributed by atoms with E-state index in [1.165, 1.54) is 17.9 Å². The van der Waals surface area contributed by atoms with Gasteiger partial charge in [0.15, 0.2) is 11.5 Å². The Bertz CT molecular complexity index is 864. The zero-order chi connectivity index (χ0) is 18.1. The molecule has 1 atom stereocenters. The summed E-state index contributed by atoms with van der Waals surface area (Å²) in [6.45, 7) is 3.85. The van der Waals surface area contributed by atoms with Gasteiger partial charge in [0.25, 0.3) is 0 Å². The first-order valence-electron chi connectivity index (χ1n) is 7.47. The summed E-state index contributed by atoms with van der Waals surface area (Å²) in [5.74, 6) is -0.117. The molecular formula is C15H16ClN5O4. The van der Waals surface area contributed by atoms with E-state index in [-0.39, 0.29) is 16.5 Å². The third kappa shape index (κ3) is 2.86. The average molecular weight is 366 g/mol. The molecule has 0 saturated heterocycles. The van der Waals surface area contributed by atoms with E-state index >= 15 is 0 Å². The fraction of sp³-hybridized carbons (Fsp3) is 0.333. The number of nitrogens with zero attached hydrogens (tertiary/aromatic N) is 4. The molecular weight excluding hydrogens is 350 g/mol. The van der Waals surface area contributed by atoms with Crippen molar-refractivity contribution < 1.29 is 19.4 Å². The highest BCUT2D eigenvalue weighted by atomic mass is 35.5. The lowest BCUT2D eigenvalue weighted by Gasteiger charge is -2.27. The maximum atomic E-state index is 12.3. The van der Waals surface area contributed by atoms with Crippen LogP contribution in [0.5, 0.6) is 11.5 Å². The molecule has 10 heteroatoms. The Hall–Kier alpha value is -2.81. The number of aromatic nitrogens is 4. The number of methoxy groups -OCH3 is 1. The number of nitrogens with one attached hydrogen (secondary N) is 1. The fourth-order valence-electron chi connectivity index (χ4n) is 2.71. The molecule has 1 aliphatic rings. The van der Waals surface area contributed by atoms with Crippen molar-refractivity contribution in [1.82, 2.24) is 20.2 Å². The molecule has 1 aromatic heterocycles. The number of rotatable bonds is 4. The van der Waals surface area contributed by atoms with Gasteiger partial charge in [0.2, 0.25) is 5.95 Å². The number of carbonyl (C=O) groups excluding carboxylic acids is 1. The van der Waals surface area contributed by atoms with Crippen molar-refractivity contribution in [2.24, 2.45) is 0 Å². The van der Waals surface area contributed by atoms with Gasteiger partial charge in [-0.1, -0.05) is 16.7 Å². The molecule has 0 bridgehead atoms. The van der Waals surface area contributed by atoms with Crippen LogP contribution in [0.2, 0.25) is 5.02 Å². The summed E-state index contributed by atoms with van der Waals surface area (Å²) < 4.78 is 11.8. The van der Waals surface area contributed by atoms with Crippen molar-refractivity contribution >= 4 is 23.5 Å². The van der Waals surface area contributed by atoms with Crippen molar-refractivity contribution in [2.75, 3.05) is 19.0 Å². The van der Waals surface area contributed by atoms with Crippen LogP contribution >= 0.6 is 11.6 Å². The molecule has 0 unspecified atom stereocenters. The van der Waals surface area contributed by atoms with E-state index in [1.54, 1.807) is 19.9 Å². The Morgan fingerprint density at radius 2 is 2.24 bits per heavy atom. The number of allylic oxidation sites excluding steroid dienone is 1. The summed E-state index contributed by atoms with van der Waals surface area (Å²) in [6.07, 6.45) is 0. The number of fused-ring (bicyclic) bond motifs is 1. The van der Waals surface area contributed by atoms with Crippen LogP contribution in [0.3, 0.4) is 0 Å². The lowest BCUT2D eigenvalue weighted by atomic mass is 9.95. The SMILES string of the molecule is CCOc1cc([C@@H]2C(C(=O)OC)=C(C)Nc3nnnn32)cc(Cl)c1O. The van der Waals surface area contributed by atoms with Crippen LogP contribution in [0, 0.1) is 0 Å². The number of aromatic hydroxyl groups is 1. The van der Waals surface area contributed by atoms with E-state index in [1.807, 2.05) is 0 Å². The van der Waals surface area contributed by atoms with Gasteiger partial charge in [-0.25, -0.2) is 4.79 Å². The van der Waals surface area contributed by atoms with E-state index in [4.69, 9.17) is 21.1 Å². The number of ether oxygens (including phenoxy) is 2. The Kier molecular flexibility index (Phi) is 4.49. The van der Waals surface area contributed by atoms with Crippen LogP contribution in [-0.2, 0) is 9.53 Å². The number of hydrogen-bond acceptors (Lipinski definition) is 8. The largest absolute Gasteiger partial charge is 0.503 e. The highest BCUT2D eigenvalue weighted by molar-refractivity contribution is 6.32. The lowest BCUT2D eigenvalue weighted by molar-refractivity contribution is -0.136. The summed E-state index contributed by atoms with van der Waals surface area (Å²) in [7, 11) is 1.30. The van der Waals surface area contributed by atoms with Gasteiger partial charge in [0.05, 0.1) is 24.3 Å². The van der Waals surface area contributed by atoms with Crippen LogP contribution in [0.4, 0.5) is 5.95 Å². The summed E-state index contributed by atoms with van der Waals surface area (Å²) in [6, 6.07) is 2.45. The van der Waals surface area contributed by atoms with Gasteiger partial charge in [-0.15, -0.1) is 0 Å². The standard InChI is InChI=1S/C15H16ClN5O4/c1-4-25-10-6-8(5-9(16)13(10)22)12-11(14(23)24-3)7(2)17-15-18-19-20-21(12)15/h5-6,12,22H,4H2,1-3H3,(H,17,18,20)/t12-/m1/s1. The van der Waals surface area contributed by atoms with Gasteiger partial charge >= 0.3 is 5.97 Å². The minimum absolute atomic E-state index is 0.0935. The number of esters is 1. The highest BCUT2D eigenvalue weighted by Gasteiger charge is 2.35. The van der Waals surface area contributed by atoms with Gasteiger partial charge in [-0.3, -0.25) is 0 Å². The number of carbonyl (C=O) groups is 1. The highest BCUT2D eigenvalue weighted by Crippen LogP contribution is 2.41. The summed E-state index contributed by atoms with van der Waals surface area (Å²) in [5, 5.41) is 24.6. The van der Waals surface area contributed by atoms with Crippen molar-refractivity contribution in [3.05, 3.63) is 34.0 Å². The van der Waals surface area contributed by atoms with E-state index in [0.29, 0.717) is 29.4 Å². The van der Waals surface area contributed by atoms with E-state index in [0.717, 1.165) is 0 Å². The molecule has 0 aliphatic carbocycles. The second kappa shape index (κ2) is 6.60. The van der Waals surface area contributed by atoms with E-state index in [2.05, 4.69) is 20.8 Å². The summed E-state index contributed by atoms with van der Waals surface area (Å²) in [5.41, 5.74) is 1.45. The lowest BCUT2D eigenvalue weighted by Crippen LogP contribution is -2.29. The third-order valence-corrected chi connectivity index (χ3v) is 4.07. The molecule has 25 heavy (non-hydrogen) atoms. The van der Waals surface area contributed by atoms with Crippen LogP contribution in [-0.4, -0.2) is 45.0 Å². The number of benzene rings is 1. The Balaban J connectivity index is 2.21. The minimum Gasteiger partial charge on any atom is -0.503 e. The molecule has 2 aromatic rings. The van der Waals surface area contributed by atoms with Crippen molar-refractivity contribution in [2.45, 2.75) is 19.9 Å². The van der Waals surface area contributed by atoms with Gasteiger partial charge in [0, 0.05) is 5.70 Å². The maximum Gasteiger partial charge on any atom is 0.338 e. The van der Waals surface area contributed by atoms with Crippen molar-refractivity contribution in [3.8, 4) is 11.5 Å². The van der Waals surface area contributed by atoms with Gasteiger partial charge < -0.3 is 19.9 Å². The predicted octanol–water partition coefficient (Wildman–Crippen LogP) is 1.89. The molecule has 2 heterocycles. The predicted molar refractivity (Wildman–Crippen MR) is 88.6 cm³/mol. The summed E-state index contributed by atoms with van der Waals surface area (Å²) >= 11 is 6.13. The Morgan fingerprint density at radius 3 is 2.92 bits per heavy atom. The number of phenols is 1. The topological polar surface area (TPSA) is 111 Å². The van der Waals surface area contributed by atoms with E-state index < -0.39 is 12.0 Å². The number of tetrazole rings is 1.